The largest absolute Gasteiger partial charge is 0.355 e. The van der Waals surface area contributed by atoms with Gasteiger partial charge in [-0.25, -0.2) is 0 Å². The first-order valence-corrected chi connectivity index (χ1v) is 6.89. The summed E-state index contributed by atoms with van der Waals surface area (Å²) in [6, 6.07) is 4.72. The normalized spacial score (nSPS) is 11.8. The van der Waals surface area contributed by atoms with Gasteiger partial charge in [-0.2, -0.15) is 0 Å². The Labute approximate surface area is 119 Å². The van der Waals surface area contributed by atoms with Crippen molar-refractivity contribution in [3.05, 3.63) is 29.3 Å². The fourth-order valence-electron chi connectivity index (χ4n) is 1.93. The molecule has 5 heteroatoms. The zero-order valence-corrected chi connectivity index (χ0v) is 12.3. The molecule has 0 unspecified atom stereocenters. The molecule has 0 saturated carbocycles. The molecule has 1 rings (SSSR count). The van der Waals surface area contributed by atoms with Crippen LogP contribution in [0.2, 0.25) is 0 Å². The summed E-state index contributed by atoms with van der Waals surface area (Å²) in [5.74, 6) is -0.385. The lowest BCUT2D eigenvalue weighted by atomic mass is 10.1. The van der Waals surface area contributed by atoms with Gasteiger partial charge >= 0.3 is 0 Å². The van der Waals surface area contributed by atoms with Crippen molar-refractivity contribution in [1.29, 1.82) is 0 Å². The van der Waals surface area contributed by atoms with E-state index < -0.39 is 6.04 Å². The first-order chi connectivity index (χ1) is 9.51. The van der Waals surface area contributed by atoms with Gasteiger partial charge < -0.3 is 16.4 Å². The Morgan fingerprint density at radius 3 is 2.65 bits per heavy atom. The van der Waals surface area contributed by atoms with E-state index in [9.17, 15) is 9.59 Å². The third-order valence-electron chi connectivity index (χ3n) is 3.27. The number of nitrogens with one attached hydrogen (secondary N) is 2. The van der Waals surface area contributed by atoms with E-state index in [4.69, 9.17) is 5.73 Å². The molecule has 110 valence electrons. The van der Waals surface area contributed by atoms with Crippen LogP contribution >= 0.6 is 0 Å². The molecule has 0 fully saturated rings. The summed E-state index contributed by atoms with van der Waals surface area (Å²) in [5, 5.41) is 5.37. The van der Waals surface area contributed by atoms with Gasteiger partial charge in [-0.3, -0.25) is 9.59 Å². The van der Waals surface area contributed by atoms with E-state index in [0.29, 0.717) is 17.7 Å². The van der Waals surface area contributed by atoms with Gasteiger partial charge in [0, 0.05) is 18.3 Å². The number of hydrogen-bond acceptors (Lipinski definition) is 3. The number of rotatable bonds is 6. The fraction of sp³-hybridized carbons (Fsp3) is 0.467. The molecular formula is C15H23N3O2. The lowest BCUT2D eigenvalue weighted by Crippen LogP contribution is -2.35. The van der Waals surface area contributed by atoms with Gasteiger partial charge in [0.25, 0.3) is 5.91 Å². The summed E-state index contributed by atoms with van der Waals surface area (Å²) in [5.41, 5.74) is 7.75. The summed E-state index contributed by atoms with van der Waals surface area (Å²) < 4.78 is 0. The summed E-state index contributed by atoms with van der Waals surface area (Å²) in [4.78, 5) is 23.7. The van der Waals surface area contributed by atoms with Crippen LogP contribution in [0.25, 0.3) is 0 Å². The Hall–Kier alpha value is -1.88. The predicted octanol–water partition coefficient (Wildman–Crippen LogP) is 1.81. The van der Waals surface area contributed by atoms with E-state index in [1.165, 1.54) is 0 Å². The number of anilines is 1. The molecular weight excluding hydrogens is 254 g/mol. The smallest absolute Gasteiger partial charge is 0.251 e. The number of nitrogens with two attached hydrogens (primary N) is 1. The number of carbonyl (C=O) groups excluding carboxylic acids is 2. The minimum Gasteiger partial charge on any atom is -0.355 e. The van der Waals surface area contributed by atoms with Crippen molar-refractivity contribution in [3.8, 4) is 0 Å². The summed E-state index contributed by atoms with van der Waals surface area (Å²) in [6.07, 6.45) is 2.59. The van der Waals surface area contributed by atoms with E-state index >= 15 is 0 Å². The van der Waals surface area contributed by atoms with Crippen LogP contribution in [0.4, 0.5) is 5.69 Å². The number of unbranched alkanes of at least 4 members (excludes halogenated alkanes) is 1. The maximum atomic E-state index is 12.0. The quantitative estimate of drug-likeness (QED) is 0.741. The predicted molar refractivity (Wildman–Crippen MR) is 80.7 cm³/mol. The van der Waals surface area contributed by atoms with Gasteiger partial charge in [0.05, 0.1) is 6.04 Å². The van der Waals surface area contributed by atoms with Gasteiger partial charge in [-0.1, -0.05) is 25.8 Å². The second-order valence-electron chi connectivity index (χ2n) is 4.80. The van der Waals surface area contributed by atoms with Crippen molar-refractivity contribution in [2.45, 2.75) is 39.2 Å². The summed E-state index contributed by atoms with van der Waals surface area (Å²) in [7, 11) is 1.58. The molecule has 0 radical (unpaired) electrons. The van der Waals surface area contributed by atoms with Crippen molar-refractivity contribution in [1.82, 2.24) is 5.32 Å². The van der Waals surface area contributed by atoms with E-state index in [1.807, 2.05) is 0 Å². The Kier molecular flexibility index (Phi) is 6.18. The molecule has 0 saturated heterocycles. The van der Waals surface area contributed by atoms with Crippen LogP contribution in [0, 0.1) is 6.92 Å². The van der Waals surface area contributed by atoms with Gasteiger partial charge in [-0.05, 0) is 31.0 Å². The third kappa shape index (κ3) is 4.06. The van der Waals surface area contributed by atoms with Crippen molar-refractivity contribution in [2.75, 3.05) is 12.4 Å². The second-order valence-corrected chi connectivity index (χ2v) is 4.80. The van der Waals surface area contributed by atoms with Gasteiger partial charge in [0.2, 0.25) is 5.91 Å². The molecule has 0 aromatic heterocycles. The van der Waals surface area contributed by atoms with Crippen LogP contribution in [0.5, 0.6) is 0 Å². The number of hydrogen-bond donors (Lipinski definition) is 3. The molecule has 0 heterocycles. The van der Waals surface area contributed by atoms with Crippen molar-refractivity contribution in [3.63, 3.8) is 0 Å². The Balaban J connectivity index is 2.82. The Morgan fingerprint density at radius 1 is 1.35 bits per heavy atom. The lowest BCUT2D eigenvalue weighted by Gasteiger charge is -2.15. The maximum absolute atomic E-state index is 12.0. The van der Waals surface area contributed by atoms with Crippen LogP contribution in [0.1, 0.15) is 42.1 Å². The fourth-order valence-corrected chi connectivity index (χ4v) is 1.93. The molecule has 0 spiro atoms. The summed E-state index contributed by atoms with van der Waals surface area (Å²) in [6.45, 7) is 3.86. The molecule has 5 nitrogen and oxygen atoms in total. The highest BCUT2D eigenvalue weighted by molar-refractivity contribution is 6.00. The van der Waals surface area contributed by atoms with Crippen LogP contribution in [-0.2, 0) is 4.79 Å². The van der Waals surface area contributed by atoms with E-state index in [2.05, 4.69) is 17.6 Å². The zero-order chi connectivity index (χ0) is 15.1. The monoisotopic (exact) mass is 277 g/mol. The van der Waals surface area contributed by atoms with Crippen LogP contribution in [0.3, 0.4) is 0 Å². The lowest BCUT2D eigenvalue weighted by molar-refractivity contribution is -0.117. The first kappa shape index (κ1) is 16.2. The van der Waals surface area contributed by atoms with Crippen molar-refractivity contribution < 1.29 is 9.59 Å². The van der Waals surface area contributed by atoms with Gasteiger partial charge in [-0.15, -0.1) is 0 Å². The molecule has 20 heavy (non-hydrogen) atoms. The van der Waals surface area contributed by atoms with Crippen LogP contribution in [0.15, 0.2) is 18.2 Å². The van der Waals surface area contributed by atoms with Gasteiger partial charge in [0.15, 0.2) is 0 Å². The van der Waals surface area contributed by atoms with Crippen molar-refractivity contribution >= 4 is 17.5 Å². The molecule has 0 aliphatic rings. The Morgan fingerprint density at radius 2 is 2.05 bits per heavy atom. The van der Waals surface area contributed by atoms with E-state index in [-0.39, 0.29) is 11.8 Å². The molecule has 0 bridgehead atoms. The zero-order valence-electron chi connectivity index (χ0n) is 12.3. The highest BCUT2D eigenvalue weighted by Gasteiger charge is 2.16. The van der Waals surface area contributed by atoms with Crippen LogP contribution in [-0.4, -0.2) is 24.9 Å². The summed E-state index contributed by atoms with van der Waals surface area (Å²) >= 11 is 0. The van der Waals surface area contributed by atoms with Crippen LogP contribution < -0.4 is 16.4 Å². The second kappa shape index (κ2) is 7.65. The molecule has 4 N–H and O–H groups in total. The third-order valence-corrected chi connectivity index (χ3v) is 3.27. The van der Waals surface area contributed by atoms with E-state index in [0.717, 1.165) is 18.4 Å². The molecule has 2 amide bonds. The highest BCUT2D eigenvalue weighted by Crippen LogP contribution is 2.19. The number of carbonyl (C=O) groups is 2. The topological polar surface area (TPSA) is 84.2 Å². The Bertz CT molecular complexity index is 486. The average Bonchev–Trinajstić information content (AvgIpc) is 2.45. The highest BCUT2D eigenvalue weighted by atomic mass is 16.2. The average molecular weight is 277 g/mol. The standard InChI is InChI=1S/C15H23N3O2/c1-4-5-8-12(16)15(20)18-13-9-6-7-11(10(13)2)14(19)17-3/h6-7,9,12H,4-5,8,16H2,1-3H3,(H,17,19)(H,18,20)/t12-/m0/s1. The molecule has 1 aromatic rings. The number of benzene rings is 1. The molecule has 0 aliphatic carbocycles. The first-order valence-electron chi connectivity index (χ1n) is 6.89. The van der Waals surface area contributed by atoms with E-state index in [1.54, 1.807) is 32.2 Å². The molecule has 1 atom stereocenters. The maximum Gasteiger partial charge on any atom is 0.251 e. The minimum atomic E-state index is -0.516. The number of amides is 2. The molecule has 0 aliphatic heterocycles. The SMILES string of the molecule is CCCC[C@H](N)C(=O)Nc1cccc(C(=O)NC)c1C. The minimum absolute atomic E-state index is 0.172. The van der Waals surface area contributed by atoms with Gasteiger partial charge in [0.1, 0.15) is 0 Å². The molecule has 1 aromatic carbocycles. The van der Waals surface area contributed by atoms with Crippen molar-refractivity contribution in [2.24, 2.45) is 5.73 Å².